The van der Waals surface area contributed by atoms with Crippen molar-refractivity contribution in [3.05, 3.63) is 35.9 Å². The fraction of sp³-hybridized carbons (Fsp3) is 0.667. The summed E-state index contributed by atoms with van der Waals surface area (Å²) in [4.78, 5) is 26.7. The van der Waals surface area contributed by atoms with E-state index in [4.69, 9.17) is 11.5 Å². The predicted octanol–water partition coefficient (Wildman–Crippen LogP) is 2.62. The normalized spacial score (nSPS) is 19.2. The molecule has 0 radical (unpaired) electrons. The van der Waals surface area contributed by atoms with Crippen molar-refractivity contribution in [1.29, 1.82) is 0 Å². The Labute approximate surface area is 189 Å². The van der Waals surface area contributed by atoms with Gasteiger partial charge in [-0.05, 0) is 30.2 Å². The number of hydrogen-bond donors (Lipinski definition) is 4. The van der Waals surface area contributed by atoms with Crippen LogP contribution in [0.1, 0.15) is 51.5 Å². The molecule has 8 heteroatoms. The Balaban J connectivity index is 2.27. The van der Waals surface area contributed by atoms with Crippen LogP contribution in [-0.2, 0) is 16.1 Å². The van der Waals surface area contributed by atoms with Crippen LogP contribution in [0.4, 0.5) is 8.78 Å². The number of alkyl halides is 2. The molecule has 4 unspecified atom stereocenters. The van der Waals surface area contributed by atoms with Crippen LogP contribution in [0.3, 0.4) is 0 Å². The number of carbonyl (C=O) groups is 2. The van der Waals surface area contributed by atoms with E-state index in [-0.39, 0.29) is 18.4 Å². The summed E-state index contributed by atoms with van der Waals surface area (Å²) in [6, 6.07) is 7.78. The predicted molar refractivity (Wildman–Crippen MR) is 120 cm³/mol. The molecule has 0 bridgehead atoms. The van der Waals surface area contributed by atoms with Gasteiger partial charge in [0.2, 0.25) is 5.91 Å². The number of carbonyl (C=O) groups excluding carboxylic acids is 2. The number of benzene rings is 1. The molecular formula is C24H37F2N3O3. The second-order valence-corrected chi connectivity index (χ2v) is 9.24. The van der Waals surface area contributed by atoms with Crippen molar-refractivity contribution in [1.82, 2.24) is 5.32 Å². The maximum atomic E-state index is 14.2. The van der Waals surface area contributed by atoms with Gasteiger partial charge in [0, 0.05) is 18.5 Å². The Hall–Kier alpha value is -1.90. The molecule has 0 aromatic heterocycles. The number of nitrogens with one attached hydrogen (secondary N) is 1. The number of aliphatic hydroxyl groups is 1. The first kappa shape index (κ1) is 26.4. The molecule has 1 aromatic carbocycles. The highest BCUT2D eigenvalue weighted by molar-refractivity contribution is 6.03. The second-order valence-electron chi connectivity index (χ2n) is 9.24. The first-order valence-electron chi connectivity index (χ1n) is 11.5. The van der Waals surface area contributed by atoms with Crippen LogP contribution in [0, 0.1) is 23.7 Å². The quantitative estimate of drug-likeness (QED) is 0.384. The van der Waals surface area contributed by atoms with Gasteiger partial charge in [-0.15, -0.1) is 0 Å². The molecule has 0 spiro atoms. The summed E-state index contributed by atoms with van der Waals surface area (Å²) < 4.78 is 28.3. The van der Waals surface area contributed by atoms with Crippen molar-refractivity contribution in [2.45, 2.75) is 70.6 Å². The summed E-state index contributed by atoms with van der Waals surface area (Å²) in [6.45, 7) is 2.68. The van der Waals surface area contributed by atoms with Crippen molar-refractivity contribution < 1.29 is 23.5 Å². The molecule has 1 aliphatic rings. The number of ketones is 1. The second kappa shape index (κ2) is 11.8. The van der Waals surface area contributed by atoms with Crippen LogP contribution >= 0.6 is 0 Å². The number of Topliss-reactive ketones (excluding diaryl/α,β-unsaturated/α-hetero) is 1. The van der Waals surface area contributed by atoms with Gasteiger partial charge in [0.1, 0.15) is 6.10 Å². The smallest absolute Gasteiger partial charge is 0.286 e. The van der Waals surface area contributed by atoms with E-state index in [1.54, 1.807) is 13.8 Å². The summed E-state index contributed by atoms with van der Waals surface area (Å²) in [7, 11) is 0. The van der Waals surface area contributed by atoms with Crippen LogP contribution in [0.2, 0.25) is 0 Å². The van der Waals surface area contributed by atoms with Crippen molar-refractivity contribution in [3.8, 4) is 0 Å². The number of rotatable bonds is 11. The maximum Gasteiger partial charge on any atom is 0.286 e. The standard InChI is InChI=1S/C24H37F2N3O3/c1-15(2)18(23(32)29-13-16-9-5-3-6-10-16)21(30)19(17-11-7-4-8-12-17)20(28)22(31)24(25,26)14-27/h3,5-6,9-10,15,17-20,22,31H,4,7-8,11-14,27-28H2,1-2H3,(H,29,32). The van der Waals surface area contributed by atoms with Gasteiger partial charge in [-0.3, -0.25) is 9.59 Å². The minimum absolute atomic E-state index is 0.252. The highest BCUT2D eigenvalue weighted by atomic mass is 19.3. The van der Waals surface area contributed by atoms with Gasteiger partial charge in [0.15, 0.2) is 5.78 Å². The molecule has 6 N–H and O–H groups in total. The molecule has 0 aliphatic heterocycles. The minimum Gasteiger partial charge on any atom is -0.385 e. The van der Waals surface area contributed by atoms with Gasteiger partial charge in [-0.2, -0.15) is 0 Å². The molecule has 1 aromatic rings. The lowest BCUT2D eigenvalue weighted by Gasteiger charge is -2.39. The lowest BCUT2D eigenvalue weighted by Crippen LogP contribution is -2.58. The van der Waals surface area contributed by atoms with E-state index in [0.717, 1.165) is 24.8 Å². The molecule has 32 heavy (non-hydrogen) atoms. The lowest BCUT2D eigenvalue weighted by atomic mass is 9.69. The molecule has 1 amide bonds. The fourth-order valence-electron chi connectivity index (χ4n) is 4.69. The number of amides is 1. The van der Waals surface area contributed by atoms with E-state index in [2.05, 4.69) is 5.32 Å². The molecule has 0 heterocycles. The van der Waals surface area contributed by atoms with Crippen molar-refractivity contribution >= 4 is 11.7 Å². The third-order valence-electron chi connectivity index (χ3n) is 6.54. The Morgan fingerprint density at radius 2 is 1.75 bits per heavy atom. The van der Waals surface area contributed by atoms with Crippen LogP contribution in [0.5, 0.6) is 0 Å². The topological polar surface area (TPSA) is 118 Å². The van der Waals surface area contributed by atoms with Crippen LogP contribution < -0.4 is 16.8 Å². The SMILES string of the molecule is CC(C)C(C(=O)NCc1ccccc1)C(=O)C(C1CCCCC1)C(N)C(O)C(F)(F)CN. The third-order valence-corrected chi connectivity index (χ3v) is 6.54. The van der Waals surface area contributed by atoms with Gasteiger partial charge in [0.05, 0.1) is 12.5 Å². The summed E-state index contributed by atoms with van der Waals surface area (Å²) in [5.41, 5.74) is 12.1. The highest BCUT2D eigenvalue weighted by Crippen LogP contribution is 2.37. The van der Waals surface area contributed by atoms with Gasteiger partial charge >= 0.3 is 0 Å². The van der Waals surface area contributed by atoms with Crippen molar-refractivity contribution in [3.63, 3.8) is 0 Å². The molecule has 2 rings (SSSR count). The third kappa shape index (κ3) is 6.56. The maximum absolute atomic E-state index is 14.2. The summed E-state index contributed by atoms with van der Waals surface area (Å²) in [5.74, 6) is -7.25. The van der Waals surface area contributed by atoms with Crippen LogP contribution in [0.15, 0.2) is 30.3 Å². The van der Waals surface area contributed by atoms with E-state index in [0.29, 0.717) is 12.8 Å². The zero-order chi connectivity index (χ0) is 23.9. The van der Waals surface area contributed by atoms with Gasteiger partial charge < -0.3 is 21.9 Å². The fourth-order valence-corrected chi connectivity index (χ4v) is 4.69. The first-order valence-corrected chi connectivity index (χ1v) is 11.5. The molecular weight excluding hydrogens is 416 g/mol. The minimum atomic E-state index is -3.62. The Morgan fingerprint density at radius 1 is 1.16 bits per heavy atom. The van der Waals surface area contributed by atoms with E-state index < -0.39 is 48.1 Å². The summed E-state index contributed by atoms with van der Waals surface area (Å²) in [5, 5.41) is 13.1. The Bertz CT molecular complexity index is 739. The molecule has 6 nitrogen and oxygen atoms in total. The number of aliphatic hydroxyl groups excluding tert-OH is 1. The molecule has 180 valence electrons. The van der Waals surface area contributed by atoms with Crippen LogP contribution in [-0.4, -0.2) is 41.4 Å². The molecule has 1 saturated carbocycles. The summed E-state index contributed by atoms with van der Waals surface area (Å²) in [6.07, 6.45) is 1.76. The number of nitrogens with two attached hydrogens (primary N) is 2. The van der Waals surface area contributed by atoms with E-state index >= 15 is 0 Å². The van der Waals surface area contributed by atoms with E-state index in [9.17, 15) is 23.5 Å². The average molecular weight is 454 g/mol. The molecule has 1 fully saturated rings. The Kier molecular flexibility index (Phi) is 9.73. The van der Waals surface area contributed by atoms with Crippen LogP contribution in [0.25, 0.3) is 0 Å². The largest absolute Gasteiger partial charge is 0.385 e. The zero-order valence-corrected chi connectivity index (χ0v) is 19.0. The van der Waals surface area contributed by atoms with Gasteiger partial charge in [-0.1, -0.05) is 63.4 Å². The first-order chi connectivity index (χ1) is 15.1. The molecule has 0 saturated heterocycles. The monoisotopic (exact) mass is 453 g/mol. The van der Waals surface area contributed by atoms with E-state index in [1.807, 2.05) is 30.3 Å². The number of halogens is 2. The Morgan fingerprint density at radius 3 is 2.28 bits per heavy atom. The van der Waals surface area contributed by atoms with Gasteiger partial charge in [-0.25, -0.2) is 8.78 Å². The van der Waals surface area contributed by atoms with Crippen molar-refractivity contribution in [2.24, 2.45) is 35.1 Å². The highest BCUT2D eigenvalue weighted by Gasteiger charge is 2.49. The average Bonchev–Trinajstić information content (AvgIpc) is 2.78. The van der Waals surface area contributed by atoms with Crippen molar-refractivity contribution in [2.75, 3.05) is 6.54 Å². The lowest BCUT2D eigenvalue weighted by molar-refractivity contribution is -0.146. The van der Waals surface area contributed by atoms with Gasteiger partial charge in [0.25, 0.3) is 5.92 Å². The van der Waals surface area contributed by atoms with E-state index in [1.165, 1.54) is 0 Å². The summed E-state index contributed by atoms with van der Waals surface area (Å²) >= 11 is 0. The molecule has 1 aliphatic carbocycles. The number of hydrogen-bond acceptors (Lipinski definition) is 5. The zero-order valence-electron chi connectivity index (χ0n) is 19.0. The molecule has 4 atom stereocenters.